The predicted octanol–water partition coefficient (Wildman–Crippen LogP) is 4.12. The second kappa shape index (κ2) is 7.14. The number of para-hydroxylation sites is 1. The van der Waals surface area contributed by atoms with Gasteiger partial charge in [0, 0.05) is 23.2 Å². The van der Waals surface area contributed by atoms with Crippen molar-refractivity contribution in [2.45, 2.75) is 25.2 Å². The molecule has 1 aromatic carbocycles. The number of hydrogen-bond acceptors (Lipinski definition) is 5. The fraction of sp³-hybridized carbons (Fsp3) is 0.333. The normalized spacial score (nSPS) is 10.3. The molecule has 20 heavy (non-hydrogen) atoms. The number of thioether (sulfide) groups is 1. The Balaban J connectivity index is 2.22. The monoisotopic (exact) mass is 289 g/mol. The first-order valence-electron chi connectivity index (χ1n) is 6.63. The topological polar surface area (TPSA) is 47.0 Å². The van der Waals surface area contributed by atoms with Crippen LogP contribution in [0.25, 0.3) is 0 Å². The summed E-state index contributed by atoms with van der Waals surface area (Å²) >= 11 is 1.65. The van der Waals surface area contributed by atoms with Crippen LogP contribution in [-0.4, -0.2) is 22.8 Å². The fourth-order valence-electron chi connectivity index (χ4n) is 1.72. The lowest BCUT2D eigenvalue weighted by Gasteiger charge is -2.10. The minimum absolute atomic E-state index is 0.567. The first kappa shape index (κ1) is 14.7. The van der Waals surface area contributed by atoms with Gasteiger partial charge in [0.2, 0.25) is 11.8 Å². The Morgan fingerprint density at radius 3 is 2.80 bits per heavy atom. The molecule has 0 radical (unpaired) electrons. The standard InChI is InChI=1S/C15H19N3OS/c1-4-9-16-15-17-11(2)10-14(18-15)19-12-7-5-6-8-13(12)20-3/h5-8,10H,4,9H2,1-3H3,(H,16,17,18). The first-order valence-corrected chi connectivity index (χ1v) is 7.86. The van der Waals surface area contributed by atoms with Crippen LogP contribution in [0, 0.1) is 6.92 Å². The summed E-state index contributed by atoms with van der Waals surface area (Å²) in [7, 11) is 0. The van der Waals surface area contributed by atoms with E-state index in [4.69, 9.17) is 4.74 Å². The van der Waals surface area contributed by atoms with Gasteiger partial charge in [0.25, 0.3) is 0 Å². The average Bonchev–Trinajstić information content (AvgIpc) is 2.45. The Morgan fingerprint density at radius 1 is 1.25 bits per heavy atom. The molecule has 0 fully saturated rings. The summed E-state index contributed by atoms with van der Waals surface area (Å²) < 4.78 is 5.89. The van der Waals surface area contributed by atoms with Crippen LogP contribution in [0.4, 0.5) is 5.95 Å². The Hall–Kier alpha value is -1.75. The summed E-state index contributed by atoms with van der Waals surface area (Å²) in [6.45, 7) is 4.89. The van der Waals surface area contributed by atoms with Gasteiger partial charge in [0.05, 0.1) is 0 Å². The summed E-state index contributed by atoms with van der Waals surface area (Å²) in [5.41, 5.74) is 0.884. The van der Waals surface area contributed by atoms with Crippen molar-refractivity contribution in [2.24, 2.45) is 0 Å². The van der Waals surface area contributed by atoms with Crippen LogP contribution in [-0.2, 0) is 0 Å². The van der Waals surface area contributed by atoms with E-state index >= 15 is 0 Å². The van der Waals surface area contributed by atoms with Gasteiger partial charge in [-0.25, -0.2) is 4.98 Å². The van der Waals surface area contributed by atoms with E-state index in [9.17, 15) is 0 Å². The molecule has 4 nitrogen and oxygen atoms in total. The summed E-state index contributed by atoms with van der Waals surface area (Å²) in [6, 6.07) is 9.78. The van der Waals surface area contributed by atoms with Gasteiger partial charge in [0.1, 0.15) is 5.75 Å². The molecule has 0 amide bonds. The van der Waals surface area contributed by atoms with E-state index in [1.807, 2.05) is 43.5 Å². The van der Waals surface area contributed by atoms with Gasteiger partial charge in [-0.15, -0.1) is 11.8 Å². The van der Waals surface area contributed by atoms with Crippen LogP contribution in [0.5, 0.6) is 11.6 Å². The quantitative estimate of drug-likeness (QED) is 0.810. The number of anilines is 1. The summed E-state index contributed by atoms with van der Waals surface area (Å²) in [4.78, 5) is 9.83. The van der Waals surface area contributed by atoms with Crippen molar-refractivity contribution in [1.29, 1.82) is 0 Å². The zero-order chi connectivity index (χ0) is 14.4. The molecule has 2 aromatic rings. The number of nitrogens with zero attached hydrogens (tertiary/aromatic N) is 2. The first-order chi connectivity index (χ1) is 9.72. The van der Waals surface area contributed by atoms with Gasteiger partial charge in [0.15, 0.2) is 0 Å². The van der Waals surface area contributed by atoms with Crippen LogP contribution in [0.15, 0.2) is 35.2 Å². The van der Waals surface area contributed by atoms with Crippen LogP contribution in [0.3, 0.4) is 0 Å². The molecule has 0 aliphatic heterocycles. The smallest absolute Gasteiger partial charge is 0.226 e. The summed E-state index contributed by atoms with van der Waals surface area (Å²) in [5.74, 6) is 2.00. The average molecular weight is 289 g/mol. The summed E-state index contributed by atoms with van der Waals surface area (Å²) in [5, 5.41) is 3.18. The molecule has 0 aliphatic rings. The van der Waals surface area contributed by atoms with Crippen molar-refractivity contribution in [1.82, 2.24) is 9.97 Å². The molecule has 106 valence electrons. The Morgan fingerprint density at radius 2 is 2.05 bits per heavy atom. The maximum absolute atomic E-state index is 5.89. The lowest BCUT2D eigenvalue weighted by atomic mass is 10.3. The van der Waals surface area contributed by atoms with Gasteiger partial charge in [-0.3, -0.25) is 0 Å². The SMILES string of the molecule is CCCNc1nc(C)cc(Oc2ccccc2SC)n1. The van der Waals surface area contributed by atoms with Gasteiger partial charge >= 0.3 is 0 Å². The van der Waals surface area contributed by atoms with Crippen LogP contribution < -0.4 is 10.1 Å². The van der Waals surface area contributed by atoms with Gasteiger partial charge in [-0.05, 0) is 31.7 Å². The van der Waals surface area contributed by atoms with Gasteiger partial charge < -0.3 is 10.1 Å². The number of aromatic nitrogens is 2. The predicted molar refractivity (Wildman–Crippen MR) is 83.8 cm³/mol. The number of hydrogen-bond donors (Lipinski definition) is 1. The van der Waals surface area contributed by atoms with Crippen molar-refractivity contribution >= 4 is 17.7 Å². The van der Waals surface area contributed by atoms with Crippen molar-refractivity contribution in [3.63, 3.8) is 0 Å². The van der Waals surface area contributed by atoms with Crippen LogP contribution in [0.2, 0.25) is 0 Å². The van der Waals surface area contributed by atoms with Crippen LogP contribution >= 0.6 is 11.8 Å². The molecule has 0 saturated heterocycles. The molecule has 0 saturated carbocycles. The molecule has 1 N–H and O–H groups in total. The molecule has 5 heteroatoms. The number of nitrogens with one attached hydrogen (secondary N) is 1. The molecule has 0 unspecified atom stereocenters. The number of benzene rings is 1. The van der Waals surface area contributed by atoms with Crippen molar-refractivity contribution in [3.05, 3.63) is 36.0 Å². The molecule has 1 heterocycles. The van der Waals surface area contributed by atoms with Gasteiger partial charge in [-0.2, -0.15) is 4.98 Å². The maximum Gasteiger partial charge on any atom is 0.226 e. The fourth-order valence-corrected chi connectivity index (χ4v) is 2.25. The van der Waals surface area contributed by atoms with Crippen molar-refractivity contribution < 1.29 is 4.74 Å². The highest BCUT2D eigenvalue weighted by atomic mass is 32.2. The third-order valence-electron chi connectivity index (χ3n) is 2.65. The van der Waals surface area contributed by atoms with E-state index in [0.29, 0.717) is 11.8 Å². The molecule has 2 rings (SSSR count). The largest absolute Gasteiger partial charge is 0.438 e. The van der Waals surface area contributed by atoms with E-state index in [1.165, 1.54) is 0 Å². The van der Waals surface area contributed by atoms with E-state index in [2.05, 4.69) is 22.2 Å². The number of aryl methyl sites for hydroxylation is 1. The van der Waals surface area contributed by atoms with E-state index in [1.54, 1.807) is 11.8 Å². The minimum atomic E-state index is 0.567. The Kier molecular flexibility index (Phi) is 5.24. The zero-order valence-corrected chi connectivity index (χ0v) is 12.8. The van der Waals surface area contributed by atoms with E-state index in [0.717, 1.165) is 29.3 Å². The van der Waals surface area contributed by atoms with Crippen LogP contribution in [0.1, 0.15) is 19.0 Å². The van der Waals surface area contributed by atoms with Crippen molar-refractivity contribution in [3.8, 4) is 11.6 Å². The summed E-state index contributed by atoms with van der Waals surface area (Å²) in [6.07, 6.45) is 3.06. The minimum Gasteiger partial charge on any atom is -0.438 e. The lowest BCUT2D eigenvalue weighted by Crippen LogP contribution is -2.05. The number of rotatable bonds is 6. The zero-order valence-electron chi connectivity index (χ0n) is 12.0. The maximum atomic E-state index is 5.89. The van der Waals surface area contributed by atoms with E-state index in [-0.39, 0.29) is 0 Å². The number of ether oxygens (including phenoxy) is 1. The molecular formula is C15H19N3OS. The molecule has 0 aliphatic carbocycles. The Bertz CT molecular complexity index is 575. The molecule has 0 bridgehead atoms. The van der Waals surface area contributed by atoms with Gasteiger partial charge in [-0.1, -0.05) is 19.1 Å². The van der Waals surface area contributed by atoms with E-state index < -0.39 is 0 Å². The highest BCUT2D eigenvalue weighted by Gasteiger charge is 2.07. The molecular weight excluding hydrogens is 270 g/mol. The molecule has 0 atom stereocenters. The Labute approximate surface area is 124 Å². The molecule has 0 spiro atoms. The second-order valence-corrected chi connectivity index (χ2v) is 5.20. The second-order valence-electron chi connectivity index (χ2n) is 4.35. The highest BCUT2D eigenvalue weighted by Crippen LogP contribution is 2.30. The lowest BCUT2D eigenvalue weighted by molar-refractivity contribution is 0.451. The third kappa shape index (κ3) is 3.87. The highest BCUT2D eigenvalue weighted by molar-refractivity contribution is 7.98. The van der Waals surface area contributed by atoms with Crippen molar-refractivity contribution in [2.75, 3.05) is 18.1 Å². The molecule has 1 aromatic heterocycles. The third-order valence-corrected chi connectivity index (χ3v) is 3.42.